The minimum absolute atomic E-state index is 0.607. The third-order valence-electron chi connectivity index (χ3n) is 5.18. The van der Waals surface area contributed by atoms with Gasteiger partial charge < -0.3 is 14.1 Å². The largest absolute Gasteiger partial charge is 0.480 e. The van der Waals surface area contributed by atoms with Crippen LogP contribution in [-0.4, -0.2) is 27.0 Å². The number of hydrogen-bond donors (Lipinski definition) is 1. The van der Waals surface area contributed by atoms with Crippen LogP contribution in [0, 0.1) is 0 Å². The number of aromatic nitrogens is 4. The van der Waals surface area contributed by atoms with Gasteiger partial charge in [0, 0.05) is 17.4 Å². The highest BCUT2D eigenvalue weighted by Gasteiger charge is 2.12. The molecule has 4 aromatic rings. The molecule has 0 radical (unpaired) electrons. The van der Waals surface area contributed by atoms with E-state index in [-0.39, 0.29) is 0 Å². The van der Waals surface area contributed by atoms with E-state index in [0.717, 1.165) is 72.1 Å². The minimum Gasteiger partial charge on any atom is -0.480 e. The number of ether oxygens (including phenoxy) is 1. The van der Waals surface area contributed by atoms with E-state index in [1.807, 2.05) is 24.4 Å². The molecule has 0 bridgehead atoms. The Bertz CT molecular complexity index is 1120. The summed E-state index contributed by atoms with van der Waals surface area (Å²) in [5.41, 5.74) is 3.75. The van der Waals surface area contributed by atoms with Crippen LogP contribution < -0.4 is 4.74 Å². The monoisotopic (exact) mass is 402 g/mol. The van der Waals surface area contributed by atoms with Crippen molar-refractivity contribution < 1.29 is 9.15 Å². The first-order valence-corrected chi connectivity index (χ1v) is 10.3. The number of allylic oxidation sites excluding steroid dienone is 1. The number of aryl methyl sites for hydroxylation is 1. The van der Waals surface area contributed by atoms with Gasteiger partial charge in [-0.05, 0) is 31.4 Å². The van der Waals surface area contributed by atoms with Gasteiger partial charge in [-0.1, -0.05) is 37.6 Å². The standard InChI is InChI=1S/C24H26N4O2/c1-17(23-25-13-14-30-23)9-5-3-4-6-12-22-26-16-21(27-22)19-15-18-10-7-8-11-20(18)28-24(19)29-2/h7-8,10-11,13-16H,1,3-6,9,12H2,2H3,(H,26,27). The maximum atomic E-state index is 5.51. The molecule has 6 nitrogen and oxygen atoms in total. The molecule has 30 heavy (non-hydrogen) atoms. The van der Waals surface area contributed by atoms with Gasteiger partial charge in [-0.3, -0.25) is 0 Å². The van der Waals surface area contributed by atoms with Crippen molar-refractivity contribution in [2.24, 2.45) is 0 Å². The van der Waals surface area contributed by atoms with Gasteiger partial charge in [0.2, 0.25) is 11.8 Å². The van der Waals surface area contributed by atoms with Crippen LogP contribution in [0.1, 0.15) is 43.8 Å². The fraction of sp³-hybridized carbons (Fsp3) is 0.292. The van der Waals surface area contributed by atoms with Crippen LogP contribution in [0.15, 0.2) is 60.0 Å². The molecular weight excluding hydrogens is 376 g/mol. The maximum Gasteiger partial charge on any atom is 0.223 e. The number of unbranched alkanes of at least 4 members (excludes halogenated alkanes) is 3. The number of hydrogen-bond acceptors (Lipinski definition) is 5. The zero-order valence-electron chi connectivity index (χ0n) is 17.2. The number of benzene rings is 1. The first kappa shape index (κ1) is 19.9. The van der Waals surface area contributed by atoms with Gasteiger partial charge in [0.15, 0.2) is 0 Å². The zero-order valence-corrected chi connectivity index (χ0v) is 17.2. The van der Waals surface area contributed by atoms with Crippen molar-refractivity contribution in [2.75, 3.05) is 7.11 Å². The van der Waals surface area contributed by atoms with Crippen molar-refractivity contribution in [3.63, 3.8) is 0 Å². The van der Waals surface area contributed by atoms with Crippen LogP contribution in [0.4, 0.5) is 0 Å². The van der Waals surface area contributed by atoms with Crippen molar-refractivity contribution in [3.05, 3.63) is 67.3 Å². The van der Waals surface area contributed by atoms with Gasteiger partial charge in [-0.2, -0.15) is 0 Å². The molecule has 0 fully saturated rings. The molecule has 1 aromatic carbocycles. The Morgan fingerprint density at radius 3 is 2.83 bits per heavy atom. The second-order valence-electron chi connectivity index (χ2n) is 7.34. The highest BCUT2D eigenvalue weighted by molar-refractivity contribution is 5.85. The number of fused-ring (bicyclic) bond motifs is 1. The number of methoxy groups -OCH3 is 1. The maximum absolute atomic E-state index is 5.51. The summed E-state index contributed by atoms with van der Waals surface area (Å²) in [6, 6.07) is 10.1. The van der Waals surface area contributed by atoms with Crippen molar-refractivity contribution >= 4 is 16.5 Å². The summed E-state index contributed by atoms with van der Waals surface area (Å²) >= 11 is 0. The van der Waals surface area contributed by atoms with Crippen LogP contribution in [0.5, 0.6) is 5.88 Å². The Hall–Kier alpha value is -3.41. The molecule has 0 atom stereocenters. The normalized spacial score (nSPS) is 11.1. The SMILES string of the molecule is C=C(CCCCCCc1ncc(-c2cc3ccccc3nc2OC)[nH]1)c1ncco1. The number of aromatic amines is 1. The quantitative estimate of drug-likeness (QED) is 0.338. The lowest BCUT2D eigenvalue weighted by atomic mass is 10.1. The van der Waals surface area contributed by atoms with Gasteiger partial charge in [0.05, 0.1) is 36.3 Å². The summed E-state index contributed by atoms with van der Waals surface area (Å²) in [5, 5.41) is 1.08. The van der Waals surface area contributed by atoms with Crippen molar-refractivity contribution in [2.45, 2.75) is 38.5 Å². The topological polar surface area (TPSA) is 76.8 Å². The molecule has 0 saturated heterocycles. The average Bonchev–Trinajstić information content (AvgIpc) is 3.47. The predicted molar refractivity (Wildman–Crippen MR) is 118 cm³/mol. The summed E-state index contributed by atoms with van der Waals surface area (Å²) in [5.74, 6) is 2.25. The van der Waals surface area contributed by atoms with Gasteiger partial charge in [0.25, 0.3) is 0 Å². The lowest BCUT2D eigenvalue weighted by molar-refractivity contribution is 0.401. The van der Waals surface area contributed by atoms with E-state index >= 15 is 0 Å². The van der Waals surface area contributed by atoms with Gasteiger partial charge in [-0.15, -0.1) is 0 Å². The first-order valence-electron chi connectivity index (χ1n) is 10.3. The van der Waals surface area contributed by atoms with Gasteiger partial charge >= 0.3 is 0 Å². The van der Waals surface area contributed by atoms with E-state index in [0.29, 0.717) is 11.8 Å². The van der Waals surface area contributed by atoms with E-state index in [1.54, 1.807) is 19.6 Å². The number of nitrogens with one attached hydrogen (secondary N) is 1. The summed E-state index contributed by atoms with van der Waals surface area (Å²) in [7, 11) is 1.65. The smallest absolute Gasteiger partial charge is 0.223 e. The van der Waals surface area contributed by atoms with E-state index < -0.39 is 0 Å². The number of H-pyrrole nitrogens is 1. The van der Waals surface area contributed by atoms with Gasteiger partial charge in [0.1, 0.15) is 12.1 Å². The highest BCUT2D eigenvalue weighted by Crippen LogP contribution is 2.30. The molecule has 0 saturated carbocycles. The van der Waals surface area contributed by atoms with E-state index in [4.69, 9.17) is 9.15 Å². The van der Waals surface area contributed by atoms with Crippen LogP contribution in [0.2, 0.25) is 0 Å². The Kier molecular flexibility index (Phi) is 6.23. The summed E-state index contributed by atoms with van der Waals surface area (Å²) in [6.45, 7) is 4.04. The number of pyridine rings is 1. The lowest BCUT2D eigenvalue weighted by Crippen LogP contribution is -1.94. The number of nitrogens with zero attached hydrogens (tertiary/aromatic N) is 3. The molecule has 3 heterocycles. The fourth-order valence-electron chi connectivity index (χ4n) is 3.56. The molecule has 3 aromatic heterocycles. The summed E-state index contributed by atoms with van der Waals surface area (Å²) < 4.78 is 10.8. The average molecular weight is 402 g/mol. The summed E-state index contributed by atoms with van der Waals surface area (Å²) in [6.07, 6.45) is 11.4. The van der Waals surface area contributed by atoms with Crippen molar-refractivity contribution in [1.82, 2.24) is 19.9 Å². The van der Waals surface area contributed by atoms with E-state index in [9.17, 15) is 0 Å². The molecular formula is C24H26N4O2. The second kappa shape index (κ2) is 9.39. The Morgan fingerprint density at radius 2 is 2.00 bits per heavy atom. The third-order valence-corrected chi connectivity index (χ3v) is 5.18. The number of para-hydroxylation sites is 1. The fourth-order valence-corrected chi connectivity index (χ4v) is 3.56. The molecule has 0 aliphatic heterocycles. The van der Waals surface area contributed by atoms with Crippen molar-refractivity contribution in [3.8, 4) is 17.1 Å². The molecule has 0 spiro atoms. The molecule has 6 heteroatoms. The molecule has 0 aliphatic rings. The molecule has 1 N–H and O–H groups in total. The van der Waals surface area contributed by atoms with Crippen LogP contribution >= 0.6 is 0 Å². The number of imidazole rings is 1. The molecule has 0 aliphatic carbocycles. The second-order valence-corrected chi connectivity index (χ2v) is 7.34. The Morgan fingerprint density at radius 1 is 1.13 bits per heavy atom. The van der Waals surface area contributed by atoms with Crippen molar-refractivity contribution in [1.29, 1.82) is 0 Å². The van der Waals surface area contributed by atoms with Crippen LogP contribution in [-0.2, 0) is 6.42 Å². The molecule has 0 amide bonds. The van der Waals surface area contributed by atoms with E-state index in [1.165, 1.54) is 0 Å². The Labute approximate surface area is 176 Å². The number of rotatable bonds is 10. The molecule has 0 unspecified atom stereocenters. The minimum atomic E-state index is 0.607. The third kappa shape index (κ3) is 4.59. The summed E-state index contributed by atoms with van der Waals surface area (Å²) in [4.78, 5) is 16.7. The van der Waals surface area contributed by atoms with Gasteiger partial charge in [-0.25, -0.2) is 15.0 Å². The molecule has 4 rings (SSSR count). The zero-order chi connectivity index (χ0) is 20.8. The molecule has 154 valence electrons. The number of oxazole rings is 1. The lowest BCUT2D eigenvalue weighted by Gasteiger charge is -2.07. The highest BCUT2D eigenvalue weighted by atomic mass is 16.5. The van der Waals surface area contributed by atoms with Crippen LogP contribution in [0.25, 0.3) is 27.7 Å². The Balaban J connectivity index is 1.29. The predicted octanol–water partition coefficient (Wildman–Crippen LogP) is 5.83. The van der Waals surface area contributed by atoms with E-state index in [2.05, 4.69) is 38.6 Å². The van der Waals surface area contributed by atoms with Crippen LogP contribution in [0.3, 0.4) is 0 Å². The first-order chi connectivity index (χ1) is 14.7.